The number of alkyl halides is 4. The number of ether oxygens (including phenoxy) is 1. The molecule has 7 heteroatoms. The molecule has 0 amide bonds. The fraction of sp³-hybridized carbons (Fsp3) is 1.00. The molecular formula is C4H4Br2F2O3. The van der Waals surface area contributed by atoms with Crippen LogP contribution in [0.25, 0.3) is 0 Å². The van der Waals surface area contributed by atoms with Gasteiger partial charge in [0.15, 0.2) is 0 Å². The molecule has 2 unspecified atom stereocenters. The van der Waals surface area contributed by atoms with E-state index in [1.54, 1.807) is 0 Å². The quantitative estimate of drug-likeness (QED) is 0.576. The third-order valence-electron chi connectivity index (χ3n) is 0.915. The molecule has 0 aliphatic carbocycles. The van der Waals surface area contributed by atoms with Crippen LogP contribution in [0, 0.1) is 0 Å². The Morgan fingerprint density at radius 2 is 1.36 bits per heavy atom. The summed E-state index contributed by atoms with van der Waals surface area (Å²) in [4.78, 5) is 7.91. The average Bonchev–Trinajstić information content (AvgIpc) is 2.30. The first-order valence-corrected chi connectivity index (χ1v) is 4.85. The van der Waals surface area contributed by atoms with Gasteiger partial charge in [-0.2, -0.15) is 18.6 Å². The lowest BCUT2D eigenvalue weighted by atomic mass is 10.6. The van der Waals surface area contributed by atoms with Crippen molar-refractivity contribution in [1.82, 2.24) is 0 Å². The molecule has 0 aromatic heterocycles. The van der Waals surface area contributed by atoms with Crippen LogP contribution in [0.15, 0.2) is 0 Å². The SMILES string of the molecule is FC1(CBr)OOC(F)(CBr)O1. The summed E-state index contributed by atoms with van der Waals surface area (Å²) in [6.07, 6.45) is 0. The van der Waals surface area contributed by atoms with Crippen molar-refractivity contribution in [1.29, 1.82) is 0 Å². The Hall–Kier alpha value is 0.700. The van der Waals surface area contributed by atoms with Gasteiger partial charge < -0.3 is 0 Å². The van der Waals surface area contributed by atoms with Crippen molar-refractivity contribution in [3.63, 3.8) is 0 Å². The predicted molar refractivity (Wildman–Crippen MR) is 38.5 cm³/mol. The number of hydrogen-bond acceptors (Lipinski definition) is 3. The molecule has 0 bridgehead atoms. The van der Waals surface area contributed by atoms with Crippen molar-refractivity contribution in [2.24, 2.45) is 0 Å². The van der Waals surface area contributed by atoms with Crippen molar-refractivity contribution >= 4 is 31.9 Å². The zero-order valence-electron chi connectivity index (χ0n) is 5.15. The van der Waals surface area contributed by atoms with Gasteiger partial charge in [-0.05, 0) is 0 Å². The zero-order chi connectivity index (χ0) is 8.54. The smallest absolute Gasteiger partial charge is 0.257 e. The van der Waals surface area contributed by atoms with Crippen molar-refractivity contribution in [3.8, 4) is 0 Å². The van der Waals surface area contributed by atoms with Gasteiger partial charge in [0, 0.05) is 0 Å². The highest BCUT2D eigenvalue weighted by Crippen LogP contribution is 2.37. The minimum Gasteiger partial charge on any atom is -0.257 e. The Balaban J connectivity index is 2.58. The first-order chi connectivity index (χ1) is 5.04. The Bertz CT molecular complexity index is 144. The van der Waals surface area contributed by atoms with Crippen molar-refractivity contribution in [2.75, 3.05) is 10.7 Å². The van der Waals surface area contributed by atoms with Gasteiger partial charge in [-0.15, -0.1) is 0 Å². The fourth-order valence-electron chi connectivity index (χ4n) is 0.485. The molecule has 1 heterocycles. The predicted octanol–water partition coefficient (Wildman–Crippen LogP) is 2.00. The molecule has 3 nitrogen and oxygen atoms in total. The standard InChI is InChI=1S/C4H4Br2F2O3/c5-1-3(7)9-4(8,2-6)11-10-3/h1-2H2. The molecule has 1 saturated heterocycles. The van der Waals surface area contributed by atoms with E-state index in [4.69, 9.17) is 0 Å². The van der Waals surface area contributed by atoms with E-state index < -0.39 is 12.1 Å². The second-order valence-electron chi connectivity index (χ2n) is 1.86. The highest BCUT2D eigenvalue weighted by molar-refractivity contribution is 9.09. The lowest BCUT2D eigenvalue weighted by Crippen LogP contribution is -2.32. The number of rotatable bonds is 2. The van der Waals surface area contributed by atoms with Gasteiger partial charge in [0.1, 0.15) is 0 Å². The Kier molecular flexibility index (Phi) is 2.86. The van der Waals surface area contributed by atoms with E-state index in [0.29, 0.717) is 0 Å². The van der Waals surface area contributed by atoms with Crippen LogP contribution in [-0.4, -0.2) is 22.7 Å². The minimum absolute atomic E-state index is 0.321. The highest BCUT2D eigenvalue weighted by Gasteiger charge is 2.53. The third kappa shape index (κ3) is 2.09. The molecule has 1 aliphatic rings. The van der Waals surface area contributed by atoms with Crippen molar-refractivity contribution in [2.45, 2.75) is 12.1 Å². The van der Waals surface area contributed by atoms with E-state index in [1.165, 1.54) is 0 Å². The van der Waals surface area contributed by atoms with Gasteiger partial charge in [0.05, 0.1) is 10.7 Å². The van der Waals surface area contributed by atoms with Crippen molar-refractivity contribution in [3.05, 3.63) is 0 Å². The molecule has 11 heavy (non-hydrogen) atoms. The zero-order valence-corrected chi connectivity index (χ0v) is 8.32. The van der Waals surface area contributed by atoms with Crippen LogP contribution in [-0.2, 0) is 14.5 Å². The first-order valence-electron chi connectivity index (χ1n) is 2.60. The topological polar surface area (TPSA) is 27.7 Å². The van der Waals surface area contributed by atoms with E-state index >= 15 is 0 Å². The van der Waals surface area contributed by atoms with E-state index in [9.17, 15) is 8.78 Å². The van der Waals surface area contributed by atoms with Crippen LogP contribution in [0.4, 0.5) is 8.78 Å². The molecule has 0 aromatic carbocycles. The summed E-state index contributed by atoms with van der Waals surface area (Å²) in [5, 5.41) is -0.642. The van der Waals surface area contributed by atoms with E-state index in [0.717, 1.165) is 0 Å². The second-order valence-corrected chi connectivity index (χ2v) is 2.98. The maximum Gasteiger partial charge on any atom is 0.361 e. The van der Waals surface area contributed by atoms with Gasteiger partial charge >= 0.3 is 12.1 Å². The van der Waals surface area contributed by atoms with Gasteiger partial charge in [-0.3, -0.25) is 4.74 Å². The maximum absolute atomic E-state index is 12.8. The third-order valence-corrected chi connectivity index (χ3v) is 2.25. The summed E-state index contributed by atoms with van der Waals surface area (Å²) < 4.78 is 29.9. The van der Waals surface area contributed by atoms with Crippen molar-refractivity contribution < 1.29 is 23.3 Å². The molecule has 0 saturated carbocycles. The summed E-state index contributed by atoms with van der Waals surface area (Å²) in [7, 11) is 0. The second kappa shape index (κ2) is 3.21. The highest BCUT2D eigenvalue weighted by atomic mass is 79.9. The Labute approximate surface area is 78.2 Å². The molecule has 1 fully saturated rings. The van der Waals surface area contributed by atoms with E-state index in [1.807, 2.05) is 0 Å². The summed E-state index contributed by atoms with van der Waals surface area (Å²) in [5.41, 5.74) is 0. The lowest BCUT2D eigenvalue weighted by molar-refractivity contribution is -0.386. The normalized spacial score (nSPS) is 44.7. The molecule has 0 radical (unpaired) electrons. The van der Waals surface area contributed by atoms with Crippen LogP contribution in [0.2, 0.25) is 0 Å². The molecule has 0 spiro atoms. The monoisotopic (exact) mass is 296 g/mol. The van der Waals surface area contributed by atoms with Crippen LogP contribution >= 0.6 is 31.9 Å². The van der Waals surface area contributed by atoms with E-state index in [2.05, 4.69) is 46.4 Å². The van der Waals surface area contributed by atoms with Crippen LogP contribution in [0.5, 0.6) is 0 Å². The minimum atomic E-state index is -2.54. The molecule has 1 aliphatic heterocycles. The summed E-state index contributed by atoms with van der Waals surface area (Å²) >= 11 is 5.45. The van der Waals surface area contributed by atoms with Crippen LogP contribution in [0.3, 0.4) is 0 Å². The van der Waals surface area contributed by atoms with Gasteiger partial charge in [-0.25, -0.2) is 0 Å². The number of halogens is 4. The number of hydrogen-bond donors (Lipinski definition) is 0. The molecule has 66 valence electrons. The first kappa shape index (κ1) is 9.79. The van der Waals surface area contributed by atoms with Gasteiger partial charge in [-0.1, -0.05) is 31.9 Å². The molecule has 0 N–H and O–H groups in total. The van der Waals surface area contributed by atoms with E-state index in [-0.39, 0.29) is 10.7 Å². The average molecular weight is 298 g/mol. The van der Waals surface area contributed by atoms with Crippen LogP contribution in [0.1, 0.15) is 0 Å². The molecule has 1 rings (SSSR count). The molecular weight excluding hydrogens is 294 g/mol. The maximum atomic E-state index is 12.8. The van der Waals surface area contributed by atoms with Gasteiger partial charge in [0.25, 0.3) is 0 Å². The summed E-state index contributed by atoms with van der Waals surface area (Å²) in [5.74, 6) is 0. The fourth-order valence-corrected chi connectivity index (χ4v) is 0.901. The summed E-state index contributed by atoms with van der Waals surface area (Å²) in [6, 6.07) is -5.08. The molecule has 0 aromatic rings. The Morgan fingerprint density at radius 3 is 1.55 bits per heavy atom. The molecule has 2 atom stereocenters. The Morgan fingerprint density at radius 1 is 1.00 bits per heavy atom. The lowest BCUT2D eigenvalue weighted by Gasteiger charge is -2.13. The van der Waals surface area contributed by atoms with Crippen LogP contribution < -0.4 is 0 Å². The summed E-state index contributed by atoms with van der Waals surface area (Å²) in [6.45, 7) is 0. The largest absolute Gasteiger partial charge is 0.361 e. The van der Waals surface area contributed by atoms with Gasteiger partial charge in [0.2, 0.25) is 0 Å².